The number of hydrogen-bond donors (Lipinski definition) is 1. The fourth-order valence-corrected chi connectivity index (χ4v) is 1.64. The standard InChI is InChI=1S/C13H19NO2/c1-10-5-4-6-12(11(10)2)9-14(3)8-7-13(15)16/h4-6H,7-9H2,1-3H3,(H,15,16). The van der Waals surface area contributed by atoms with E-state index in [1.54, 1.807) is 0 Å². The Balaban J connectivity index is 2.59. The average Bonchev–Trinajstić information content (AvgIpc) is 2.22. The summed E-state index contributed by atoms with van der Waals surface area (Å²) in [7, 11) is 1.95. The third-order valence-electron chi connectivity index (χ3n) is 2.86. The van der Waals surface area contributed by atoms with Crippen LogP contribution in [0.1, 0.15) is 23.1 Å². The van der Waals surface area contributed by atoms with E-state index in [0.717, 1.165) is 6.54 Å². The zero-order valence-electron chi connectivity index (χ0n) is 10.2. The molecular formula is C13H19NO2. The van der Waals surface area contributed by atoms with Crippen LogP contribution in [0.2, 0.25) is 0 Å². The van der Waals surface area contributed by atoms with E-state index >= 15 is 0 Å². The summed E-state index contributed by atoms with van der Waals surface area (Å²) in [5, 5.41) is 8.60. The lowest BCUT2D eigenvalue weighted by Gasteiger charge is -2.17. The molecule has 0 bridgehead atoms. The van der Waals surface area contributed by atoms with Gasteiger partial charge in [-0.05, 0) is 37.6 Å². The SMILES string of the molecule is Cc1cccc(CN(C)CCC(=O)O)c1C. The monoisotopic (exact) mass is 221 g/mol. The zero-order valence-corrected chi connectivity index (χ0v) is 10.2. The maximum absolute atomic E-state index is 10.5. The van der Waals surface area contributed by atoms with E-state index in [1.807, 2.05) is 18.0 Å². The summed E-state index contributed by atoms with van der Waals surface area (Å²) in [6.07, 6.45) is 0.196. The van der Waals surface area contributed by atoms with Crippen LogP contribution in [0.25, 0.3) is 0 Å². The van der Waals surface area contributed by atoms with Crippen molar-refractivity contribution in [1.29, 1.82) is 0 Å². The third-order valence-corrected chi connectivity index (χ3v) is 2.86. The highest BCUT2D eigenvalue weighted by Crippen LogP contribution is 2.14. The van der Waals surface area contributed by atoms with Crippen molar-refractivity contribution in [3.63, 3.8) is 0 Å². The van der Waals surface area contributed by atoms with Crippen molar-refractivity contribution >= 4 is 5.97 Å². The molecule has 3 heteroatoms. The number of nitrogens with zero attached hydrogens (tertiary/aromatic N) is 1. The quantitative estimate of drug-likeness (QED) is 0.828. The van der Waals surface area contributed by atoms with E-state index < -0.39 is 5.97 Å². The van der Waals surface area contributed by atoms with Crippen LogP contribution in [0.5, 0.6) is 0 Å². The molecule has 88 valence electrons. The van der Waals surface area contributed by atoms with Gasteiger partial charge in [-0.15, -0.1) is 0 Å². The molecule has 0 fully saturated rings. The van der Waals surface area contributed by atoms with Crippen molar-refractivity contribution in [1.82, 2.24) is 4.90 Å². The summed E-state index contributed by atoms with van der Waals surface area (Å²) >= 11 is 0. The van der Waals surface area contributed by atoms with Gasteiger partial charge in [0, 0.05) is 13.1 Å². The number of aryl methyl sites for hydroxylation is 1. The van der Waals surface area contributed by atoms with Crippen molar-refractivity contribution in [2.45, 2.75) is 26.8 Å². The zero-order chi connectivity index (χ0) is 12.1. The first kappa shape index (κ1) is 12.7. The van der Waals surface area contributed by atoms with Crippen molar-refractivity contribution < 1.29 is 9.90 Å². The molecule has 16 heavy (non-hydrogen) atoms. The van der Waals surface area contributed by atoms with Gasteiger partial charge in [0.15, 0.2) is 0 Å². The van der Waals surface area contributed by atoms with E-state index in [1.165, 1.54) is 16.7 Å². The number of rotatable bonds is 5. The molecule has 0 aliphatic carbocycles. The van der Waals surface area contributed by atoms with Gasteiger partial charge < -0.3 is 10.0 Å². The van der Waals surface area contributed by atoms with Gasteiger partial charge in [-0.1, -0.05) is 18.2 Å². The highest BCUT2D eigenvalue weighted by atomic mass is 16.4. The van der Waals surface area contributed by atoms with Gasteiger partial charge in [-0.25, -0.2) is 0 Å². The van der Waals surface area contributed by atoms with Crippen LogP contribution in [0, 0.1) is 13.8 Å². The molecule has 3 nitrogen and oxygen atoms in total. The Kier molecular flexibility index (Phi) is 4.50. The second-order valence-corrected chi connectivity index (χ2v) is 4.24. The van der Waals surface area contributed by atoms with E-state index in [-0.39, 0.29) is 6.42 Å². The fraction of sp³-hybridized carbons (Fsp3) is 0.462. The van der Waals surface area contributed by atoms with E-state index in [0.29, 0.717) is 6.54 Å². The maximum atomic E-state index is 10.5. The van der Waals surface area contributed by atoms with Crippen molar-refractivity contribution in [2.75, 3.05) is 13.6 Å². The van der Waals surface area contributed by atoms with Crippen LogP contribution in [0.15, 0.2) is 18.2 Å². The van der Waals surface area contributed by atoms with Gasteiger partial charge in [-0.2, -0.15) is 0 Å². The molecule has 0 saturated carbocycles. The van der Waals surface area contributed by atoms with E-state index in [4.69, 9.17) is 5.11 Å². The highest BCUT2D eigenvalue weighted by molar-refractivity contribution is 5.66. The van der Waals surface area contributed by atoms with Crippen LogP contribution in [-0.4, -0.2) is 29.6 Å². The molecule has 0 saturated heterocycles. The fourth-order valence-electron chi connectivity index (χ4n) is 1.64. The van der Waals surface area contributed by atoms with E-state index in [2.05, 4.69) is 26.0 Å². The number of benzene rings is 1. The number of aliphatic carboxylic acids is 1. The molecule has 0 aromatic heterocycles. The lowest BCUT2D eigenvalue weighted by atomic mass is 10.0. The second-order valence-electron chi connectivity index (χ2n) is 4.24. The summed E-state index contributed by atoms with van der Waals surface area (Å²) < 4.78 is 0. The molecule has 1 aromatic carbocycles. The molecule has 1 rings (SSSR count). The lowest BCUT2D eigenvalue weighted by molar-refractivity contribution is -0.137. The Morgan fingerprint density at radius 2 is 2.06 bits per heavy atom. The minimum atomic E-state index is -0.743. The Bertz CT molecular complexity index is 374. The lowest BCUT2D eigenvalue weighted by Crippen LogP contribution is -2.21. The molecule has 0 spiro atoms. The van der Waals surface area contributed by atoms with Gasteiger partial charge in [-0.3, -0.25) is 4.79 Å². The first-order valence-corrected chi connectivity index (χ1v) is 5.46. The molecular weight excluding hydrogens is 202 g/mol. The summed E-state index contributed by atoms with van der Waals surface area (Å²) in [5.41, 5.74) is 3.85. The molecule has 0 amide bonds. The first-order valence-electron chi connectivity index (χ1n) is 5.46. The molecule has 0 radical (unpaired) electrons. The number of carboxylic acid groups (broad SMARTS) is 1. The van der Waals surface area contributed by atoms with Crippen molar-refractivity contribution in [3.8, 4) is 0 Å². The Morgan fingerprint density at radius 3 is 2.69 bits per heavy atom. The van der Waals surface area contributed by atoms with Gasteiger partial charge in [0.1, 0.15) is 0 Å². The molecule has 1 N–H and O–H groups in total. The largest absolute Gasteiger partial charge is 0.481 e. The van der Waals surface area contributed by atoms with Crippen molar-refractivity contribution in [2.24, 2.45) is 0 Å². The Morgan fingerprint density at radius 1 is 1.38 bits per heavy atom. The van der Waals surface area contributed by atoms with Crippen LogP contribution in [0.4, 0.5) is 0 Å². The summed E-state index contributed by atoms with van der Waals surface area (Å²) in [4.78, 5) is 12.5. The first-order chi connectivity index (χ1) is 7.50. The summed E-state index contributed by atoms with van der Waals surface area (Å²) in [6, 6.07) is 6.23. The van der Waals surface area contributed by atoms with E-state index in [9.17, 15) is 4.79 Å². The second kappa shape index (κ2) is 5.66. The molecule has 0 heterocycles. The minimum Gasteiger partial charge on any atom is -0.481 e. The van der Waals surface area contributed by atoms with Gasteiger partial charge in [0.05, 0.1) is 6.42 Å². The average molecular weight is 221 g/mol. The van der Waals surface area contributed by atoms with Gasteiger partial charge >= 0.3 is 5.97 Å². The van der Waals surface area contributed by atoms with Crippen LogP contribution in [0.3, 0.4) is 0 Å². The summed E-state index contributed by atoms with van der Waals surface area (Å²) in [6.45, 7) is 5.59. The molecule has 0 unspecified atom stereocenters. The molecule has 0 aliphatic rings. The highest BCUT2D eigenvalue weighted by Gasteiger charge is 2.06. The van der Waals surface area contributed by atoms with Crippen LogP contribution < -0.4 is 0 Å². The normalized spacial score (nSPS) is 10.8. The van der Waals surface area contributed by atoms with Gasteiger partial charge in [0.25, 0.3) is 0 Å². The van der Waals surface area contributed by atoms with Crippen molar-refractivity contribution in [3.05, 3.63) is 34.9 Å². The maximum Gasteiger partial charge on any atom is 0.304 e. The number of hydrogen-bond acceptors (Lipinski definition) is 2. The molecule has 0 atom stereocenters. The summed E-state index contributed by atoms with van der Waals surface area (Å²) in [5.74, 6) is -0.743. The Labute approximate surface area is 96.7 Å². The van der Waals surface area contributed by atoms with Gasteiger partial charge in [0.2, 0.25) is 0 Å². The minimum absolute atomic E-state index is 0.196. The third kappa shape index (κ3) is 3.66. The van der Waals surface area contributed by atoms with Crippen LogP contribution >= 0.6 is 0 Å². The topological polar surface area (TPSA) is 40.5 Å². The smallest absolute Gasteiger partial charge is 0.304 e. The molecule has 0 aliphatic heterocycles. The number of carbonyl (C=O) groups is 1. The van der Waals surface area contributed by atoms with Crippen LogP contribution in [-0.2, 0) is 11.3 Å². The predicted molar refractivity (Wildman–Crippen MR) is 64.5 cm³/mol. The Hall–Kier alpha value is -1.35. The predicted octanol–water partition coefficient (Wildman–Crippen LogP) is 2.21. The number of carboxylic acids is 1. The molecule has 1 aromatic rings.